The molecule has 110 valence electrons. The van der Waals surface area contributed by atoms with Gasteiger partial charge in [-0.1, -0.05) is 12.1 Å². The van der Waals surface area contributed by atoms with E-state index in [2.05, 4.69) is 5.32 Å². The zero-order chi connectivity index (χ0) is 15.1. The van der Waals surface area contributed by atoms with Crippen molar-refractivity contribution in [1.29, 1.82) is 0 Å². The summed E-state index contributed by atoms with van der Waals surface area (Å²) in [6, 6.07) is 4.62. The number of carboxylic acids is 1. The van der Waals surface area contributed by atoms with E-state index in [4.69, 9.17) is 5.11 Å². The molecule has 0 aliphatic rings. The Morgan fingerprint density at radius 1 is 1.30 bits per heavy atom. The van der Waals surface area contributed by atoms with Crippen molar-refractivity contribution in [3.05, 3.63) is 35.1 Å². The lowest BCUT2D eigenvalue weighted by Gasteiger charge is -2.15. The predicted octanol–water partition coefficient (Wildman–Crippen LogP) is 2.96. The smallest absolute Gasteiger partial charge is 0.303 e. The molecule has 0 saturated carbocycles. The Bertz CT molecular complexity index is 488. The maximum atomic E-state index is 13.4. The summed E-state index contributed by atoms with van der Waals surface area (Å²) in [6.45, 7) is 3.48. The van der Waals surface area contributed by atoms with Gasteiger partial charge in [-0.05, 0) is 43.9 Å². The number of rotatable bonds is 7. The molecule has 0 heterocycles. The van der Waals surface area contributed by atoms with Gasteiger partial charge in [-0.3, -0.25) is 9.59 Å². The Balaban J connectivity index is 2.41. The van der Waals surface area contributed by atoms with Crippen LogP contribution in [0.5, 0.6) is 0 Å². The third kappa shape index (κ3) is 5.38. The number of aryl methyl sites for hydroxylation is 1. The van der Waals surface area contributed by atoms with Crippen LogP contribution in [0.15, 0.2) is 18.2 Å². The zero-order valence-electron chi connectivity index (χ0n) is 11.8. The number of hydrogen-bond donors (Lipinski definition) is 2. The van der Waals surface area contributed by atoms with Crippen molar-refractivity contribution >= 4 is 11.9 Å². The van der Waals surface area contributed by atoms with Gasteiger partial charge >= 0.3 is 5.97 Å². The van der Waals surface area contributed by atoms with Crippen LogP contribution in [0.2, 0.25) is 0 Å². The molecule has 0 fully saturated rings. The van der Waals surface area contributed by atoms with E-state index in [9.17, 15) is 14.0 Å². The number of hydrogen-bond acceptors (Lipinski definition) is 2. The van der Waals surface area contributed by atoms with Crippen LogP contribution in [0.1, 0.15) is 49.8 Å². The Morgan fingerprint density at radius 2 is 1.95 bits per heavy atom. The van der Waals surface area contributed by atoms with Gasteiger partial charge in [0, 0.05) is 12.8 Å². The first-order valence-corrected chi connectivity index (χ1v) is 6.67. The second-order valence-electron chi connectivity index (χ2n) is 4.90. The number of halogens is 1. The summed E-state index contributed by atoms with van der Waals surface area (Å²) in [4.78, 5) is 22.0. The molecule has 1 aromatic carbocycles. The monoisotopic (exact) mass is 281 g/mol. The van der Waals surface area contributed by atoms with Gasteiger partial charge in [0.2, 0.25) is 5.91 Å². The number of carbonyl (C=O) groups excluding carboxylic acids is 1. The van der Waals surface area contributed by atoms with E-state index in [0.29, 0.717) is 24.0 Å². The number of nitrogens with one attached hydrogen (secondary N) is 1. The van der Waals surface area contributed by atoms with E-state index in [-0.39, 0.29) is 30.6 Å². The lowest BCUT2D eigenvalue weighted by atomic mass is 10.1. The number of benzene rings is 1. The van der Waals surface area contributed by atoms with Gasteiger partial charge in [-0.25, -0.2) is 4.39 Å². The highest BCUT2D eigenvalue weighted by molar-refractivity contribution is 5.76. The maximum Gasteiger partial charge on any atom is 0.303 e. The zero-order valence-corrected chi connectivity index (χ0v) is 11.8. The largest absolute Gasteiger partial charge is 0.481 e. The fourth-order valence-electron chi connectivity index (χ4n) is 1.84. The molecular formula is C15H20FNO3. The minimum atomic E-state index is -0.853. The first-order chi connectivity index (χ1) is 9.40. The standard InChI is InChI=1S/C15H20FNO3/c1-10-7-8-12(9-13(10)16)11(2)17-14(18)5-3-4-6-15(19)20/h7-9,11H,3-6H2,1-2H3,(H,17,18)(H,19,20). The van der Waals surface area contributed by atoms with Crippen LogP contribution in [0, 0.1) is 12.7 Å². The van der Waals surface area contributed by atoms with Crippen LogP contribution in [-0.4, -0.2) is 17.0 Å². The maximum absolute atomic E-state index is 13.4. The average molecular weight is 281 g/mol. The topological polar surface area (TPSA) is 66.4 Å². The van der Waals surface area contributed by atoms with Crippen molar-refractivity contribution in [3.63, 3.8) is 0 Å². The van der Waals surface area contributed by atoms with Gasteiger partial charge in [0.25, 0.3) is 0 Å². The Hall–Kier alpha value is -1.91. The van der Waals surface area contributed by atoms with E-state index in [0.717, 1.165) is 0 Å². The molecule has 0 bridgehead atoms. The number of amides is 1. The summed E-state index contributed by atoms with van der Waals surface area (Å²) < 4.78 is 13.4. The van der Waals surface area contributed by atoms with E-state index >= 15 is 0 Å². The molecule has 1 aromatic rings. The van der Waals surface area contributed by atoms with Gasteiger partial charge in [0.1, 0.15) is 5.82 Å². The third-order valence-corrected chi connectivity index (χ3v) is 3.12. The second-order valence-corrected chi connectivity index (χ2v) is 4.90. The SMILES string of the molecule is Cc1ccc(C(C)NC(=O)CCCCC(=O)O)cc1F. The molecule has 4 nitrogen and oxygen atoms in total. The quantitative estimate of drug-likeness (QED) is 0.755. The predicted molar refractivity (Wildman–Crippen MR) is 73.8 cm³/mol. The highest BCUT2D eigenvalue weighted by Gasteiger charge is 2.11. The Kier molecular flexibility index (Phi) is 6.15. The Morgan fingerprint density at radius 3 is 2.55 bits per heavy atom. The molecule has 2 N–H and O–H groups in total. The molecule has 0 saturated heterocycles. The van der Waals surface area contributed by atoms with Crippen LogP contribution in [0.3, 0.4) is 0 Å². The Labute approximate surface area is 118 Å². The molecule has 0 aromatic heterocycles. The minimum Gasteiger partial charge on any atom is -0.481 e. The molecular weight excluding hydrogens is 261 g/mol. The number of aliphatic carboxylic acids is 1. The van der Waals surface area contributed by atoms with Crippen LogP contribution in [0.25, 0.3) is 0 Å². The molecule has 1 atom stereocenters. The molecule has 20 heavy (non-hydrogen) atoms. The highest BCUT2D eigenvalue weighted by atomic mass is 19.1. The van der Waals surface area contributed by atoms with E-state index in [1.807, 2.05) is 0 Å². The molecule has 5 heteroatoms. The molecule has 0 aliphatic carbocycles. The average Bonchev–Trinajstić information content (AvgIpc) is 2.37. The second kappa shape index (κ2) is 7.62. The fourth-order valence-corrected chi connectivity index (χ4v) is 1.84. The number of carboxylic acid groups (broad SMARTS) is 1. The normalized spacial score (nSPS) is 11.9. The molecule has 0 aliphatic heterocycles. The van der Waals surface area contributed by atoms with Crippen molar-refractivity contribution in [2.75, 3.05) is 0 Å². The van der Waals surface area contributed by atoms with Crippen LogP contribution in [-0.2, 0) is 9.59 Å². The van der Waals surface area contributed by atoms with Gasteiger partial charge in [-0.15, -0.1) is 0 Å². The van der Waals surface area contributed by atoms with Crippen molar-refractivity contribution < 1.29 is 19.1 Å². The third-order valence-electron chi connectivity index (χ3n) is 3.12. The van der Waals surface area contributed by atoms with Gasteiger partial charge in [0.05, 0.1) is 6.04 Å². The molecule has 0 radical (unpaired) electrons. The number of unbranched alkanes of at least 4 members (excludes halogenated alkanes) is 1. The molecule has 1 rings (SSSR count). The van der Waals surface area contributed by atoms with E-state index in [1.165, 1.54) is 6.07 Å². The van der Waals surface area contributed by atoms with Crippen LogP contribution in [0.4, 0.5) is 4.39 Å². The van der Waals surface area contributed by atoms with E-state index < -0.39 is 5.97 Å². The fraction of sp³-hybridized carbons (Fsp3) is 0.467. The van der Waals surface area contributed by atoms with Crippen LogP contribution < -0.4 is 5.32 Å². The summed E-state index contributed by atoms with van der Waals surface area (Å²) in [5.41, 5.74) is 1.29. The lowest BCUT2D eigenvalue weighted by molar-refractivity contribution is -0.137. The first kappa shape index (κ1) is 16.1. The van der Waals surface area contributed by atoms with Crippen LogP contribution >= 0.6 is 0 Å². The van der Waals surface area contributed by atoms with Gasteiger partial charge in [-0.2, -0.15) is 0 Å². The molecule has 0 spiro atoms. The first-order valence-electron chi connectivity index (χ1n) is 6.67. The summed E-state index contributed by atoms with van der Waals surface area (Å²) in [6.07, 6.45) is 1.38. The number of carbonyl (C=O) groups is 2. The van der Waals surface area contributed by atoms with Gasteiger partial charge in [0.15, 0.2) is 0 Å². The van der Waals surface area contributed by atoms with Crippen molar-refractivity contribution in [1.82, 2.24) is 5.32 Å². The lowest BCUT2D eigenvalue weighted by Crippen LogP contribution is -2.26. The van der Waals surface area contributed by atoms with E-state index in [1.54, 1.807) is 26.0 Å². The van der Waals surface area contributed by atoms with Crippen molar-refractivity contribution in [3.8, 4) is 0 Å². The summed E-state index contributed by atoms with van der Waals surface area (Å²) >= 11 is 0. The summed E-state index contributed by atoms with van der Waals surface area (Å²) in [7, 11) is 0. The summed E-state index contributed by atoms with van der Waals surface area (Å²) in [5, 5.41) is 11.3. The van der Waals surface area contributed by atoms with Crippen molar-refractivity contribution in [2.24, 2.45) is 0 Å². The minimum absolute atomic E-state index is 0.0754. The van der Waals surface area contributed by atoms with Gasteiger partial charge < -0.3 is 10.4 Å². The molecule has 1 unspecified atom stereocenters. The van der Waals surface area contributed by atoms with Crippen molar-refractivity contribution in [2.45, 2.75) is 45.6 Å². The highest BCUT2D eigenvalue weighted by Crippen LogP contribution is 2.16. The molecule has 1 amide bonds. The summed E-state index contributed by atoms with van der Waals surface area (Å²) in [5.74, 6) is -1.29.